The third-order valence-corrected chi connectivity index (χ3v) is 8.24. The fraction of sp³-hybridized carbons (Fsp3) is 0. The molecule has 0 saturated carbocycles. The second-order valence-corrected chi connectivity index (χ2v) is 10.3. The van der Waals surface area contributed by atoms with Gasteiger partial charge in [0.2, 0.25) is 0 Å². The van der Waals surface area contributed by atoms with Gasteiger partial charge >= 0.3 is 0 Å². The van der Waals surface area contributed by atoms with Crippen molar-refractivity contribution in [2.45, 2.75) is 0 Å². The average Bonchev–Trinajstić information content (AvgIpc) is 3.64. The SMILES string of the molecule is c1ccc2c(c1)[nH]c1cc(-n3c4ccccc4c4ccc(-n5c6ccccc6c6ccccc65)cc43)ccc12. The number of hydrogen-bond acceptors (Lipinski definition) is 0. The molecule has 0 fully saturated rings. The summed E-state index contributed by atoms with van der Waals surface area (Å²) in [4.78, 5) is 3.63. The van der Waals surface area contributed by atoms with Crippen LogP contribution in [0, 0.1) is 0 Å². The van der Waals surface area contributed by atoms with Crippen LogP contribution in [0.2, 0.25) is 0 Å². The first kappa shape index (κ1) is 20.7. The molecule has 1 N–H and O–H groups in total. The smallest absolute Gasteiger partial charge is 0.0561 e. The summed E-state index contributed by atoms with van der Waals surface area (Å²) in [6.07, 6.45) is 0. The van der Waals surface area contributed by atoms with Gasteiger partial charge in [0.05, 0.1) is 22.1 Å². The monoisotopic (exact) mass is 497 g/mol. The number of para-hydroxylation sites is 4. The number of rotatable bonds is 2. The van der Waals surface area contributed by atoms with E-state index in [4.69, 9.17) is 0 Å². The van der Waals surface area contributed by atoms with Crippen LogP contribution in [0.1, 0.15) is 0 Å². The molecule has 3 heteroatoms. The predicted octanol–water partition coefficient (Wildman–Crippen LogP) is 9.52. The van der Waals surface area contributed by atoms with Gasteiger partial charge in [-0.1, -0.05) is 84.9 Å². The van der Waals surface area contributed by atoms with Crippen LogP contribution in [0.5, 0.6) is 0 Å². The van der Waals surface area contributed by atoms with Crippen LogP contribution in [0.25, 0.3) is 76.8 Å². The van der Waals surface area contributed by atoms with Gasteiger partial charge in [-0.25, -0.2) is 0 Å². The van der Waals surface area contributed by atoms with Crippen LogP contribution in [-0.4, -0.2) is 14.1 Å². The Morgan fingerprint density at radius 1 is 0.333 bits per heavy atom. The lowest BCUT2D eigenvalue weighted by Crippen LogP contribution is -1.97. The first-order valence-electron chi connectivity index (χ1n) is 13.4. The highest BCUT2D eigenvalue weighted by Crippen LogP contribution is 2.37. The number of hydrogen-bond donors (Lipinski definition) is 1. The summed E-state index contributed by atoms with van der Waals surface area (Å²) in [7, 11) is 0. The molecule has 0 aliphatic carbocycles. The number of benzene rings is 6. The van der Waals surface area contributed by atoms with E-state index >= 15 is 0 Å². The molecule has 0 bridgehead atoms. The van der Waals surface area contributed by atoms with Crippen LogP contribution in [-0.2, 0) is 0 Å². The molecule has 0 saturated heterocycles. The van der Waals surface area contributed by atoms with Crippen LogP contribution in [0.3, 0.4) is 0 Å². The van der Waals surface area contributed by atoms with Crippen LogP contribution >= 0.6 is 0 Å². The fourth-order valence-corrected chi connectivity index (χ4v) is 6.56. The van der Waals surface area contributed by atoms with Crippen molar-refractivity contribution in [2.75, 3.05) is 0 Å². The Morgan fingerprint density at radius 2 is 0.769 bits per heavy atom. The number of H-pyrrole nitrogens is 1. The van der Waals surface area contributed by atoms with Crippen molar-refractivity contribution >= 4 is 65.4 Å². The molecular weight excluding hydrogens is 474 g/mol. The van der Waals surface area contributed by atoms with E-state index in [9.17, 15) is 0 Å². The largest absolute Gasteiger partial charge is 0.354 e. The molecule has 3 nitrogen and oxygen atoms in total. The Labute approximate surface area is 224 Å². The van der Waals surface area contributed by atoms with E-state index in [2.05, 4.69) is 148 Å². The molecule has 3 aromatic heterocycles. The van der Waals surface area contributed by atoms with Gasteiger partial charge in [-0.05, 0) is 48.5 Å². The lowest BCUT2D eigenvalue weighted by atomic mass is 10.1. The van der Waals surface area contributed by atoms with Crippen LogP contribution in [0.4, 0.5) is 0 Å². The van der Waals surface area contributed by atoms with Gasteiger partial charge in [0.15, 0.2) is 0 Å². The van der Waals surface area contributed by atoms with E-state index < -0.39 is 0 Å². The molecular formula is C36H23N3. The van der Waals surface area contributed by atoms with Crippen molar-refractivity contribution < 1.29 is 0 Å². The Bertz CT molecular complexity index is 2340. The Hall–Kier alpha value is -5.28. The molecule has 182 valence electrons. The average molecular weight is 498 g/mol. The molecule has 0 spiro atoms. The molecule has 9 rings (SSSR count). The number of nitrogens with zero attached hydrogens (tertiary/aromatic N) is 2. The molecule has 39 heavy (non-hydrogen) atoms. The van der Waals surface area contributed by atoms with Gasteiger partial charge in [0, 0.05) is 54.7 Å². The van der Waals surface area contributed by atoms with Crippen molar-refractivity contribution in [3.05, 3.63) is 133 Å². The summed E-state index contributed by atoms with van der Waals surface area (Å²) in [5, 5.41) is 7.58. The van der Waals surface area contributed by atoms with Gasteiger partial charge < -0.3 is 14.1 Å². The van der Waals surface area contributed by atoms with Gasteiger partial charge in [0.25, 0.3) is 0 Å². The van der Waals surface area contributed by atoms with E-state index in [0.717, 1.165) is 16.9 Å². The lowest BCUT2D eigenvalue weighted by Gasteiger charge is -2.11. The minimum Gasteiger partial charge on any atom is -0.354 e. The topological polar surface area (TPSA) is 25.6 Å². The summed E-state index contributed by atoms with van der Waals surface area (Å²) in [5.74, 6) is 0. The van der Waals surface area contributed by atoms with Crippen LogP contribution in [0.15, 0.2) is 133 Å². The summed E-state index contributed by atoms with van der Waals surface area (Å²) in [6, 6.07) is 48.3. The highest BCUT2D eigenvalue weighted by molar-refractivity contribution is 6.13. The Balaban J connectivity index is 1.37. The zero-order valence-electron chi connectivity index (χ0n) is 21.1. The molecule has 0 atom stereocenters. The quantitative estimate of drug-likeness (QED) is 0.246. The number of aromatic nitrogens is 3. The minimum absolute atomic E-state index is 1.15. The third kappa shape index (κ3) is 2.82. The molecule has 0 aliphatic rings. The Morgan fingerprint density at radius 3 is 1.41 bits per heavy atom. The second kappa shape index (κ2) is 7.62. The zero-order valence-corrected chi connectivity index (χ0v) is 21.1. The number of fused-ring (bicyclic) bond motifs is 9. The molecule has 9 aromatic rings. The van der Waals surface area contributed by atoms with Crippen molar-refractivity contribution in [3.63, 3.8) is 0 Å². The summed E-state index contributed by atoms with van der Waals surface area (Å²) in [5.41, 5.74) is 9.49. The summed E-state index contributed by atoms with van der Waals surface area (Å²) >= 11 is 0. The van der Waals surface area contributed by atoms with E-state index in [1.807, 2.05) is 0 Å². The lowest BCUT2D eigenvalue weighted by molar-refractivity contribution is 1.16. The van der Waals surface area contributed by atoms with Crippen molar-refractivity contribution in [1.82, 2.24) is 14.1 Å². The molecule has 6 aromatic carbocycles. The predicted molar refractivity (Wildman–Crippen MR) is 164 cm³/mol. The first-order valence-corrected chi connectivity index (χ1v) is 13.4. The van der Waals surface area contributed by atoms with Crippen molar-refractivity contribution in [1.29, 1.82) is 0 Å². The van der Waals surface area contributed by atoms with E-state index in [1.165, 1.54) is 59.9 Å². The maximum atomic E-state index is 3.63. The van der Waals surface area contributed by atoms with Gasteiger partial charge in [0.1, 0.15) is 0 Å². The van der Waals surface area contributed by atoms with Gasteiger partial charge in [-0.15, -0.1) is 0 Å². The maximum Gasteiger partial charge on any atom is 0.0561 e. The number of aromatic amines is 1. The molecule has 3 heterocycles. The van der Waals surface area contributed by atoms with E-state index in [0.29, 0.717) is 0 Å². The second-order valence-electron chi connectivity index (χ2n) is 10.3. The Kier molecular flexibility index (Phi) is 4.05. The molecule has 0 amide bonds. The summed E-state index contributed by atoms with van der Waals surface area (Å²) in [6.45, 7) is 0. The third-order valence-electron chi connectivity index (χ3n) is 8.24. The fourth-order valence-electron chi connectivity index (χ4n) is 6.56. The van der Waals surface area contributed by atoms with E-state index in [1.54, 1.807) is 0 Å². The molecule has 0 aliphatic heterocycles. The maximum absolute atomic E-state index is 3.63. The van der Waals surface area contributed by atoms with Gasteiger partial charge in [-0.2, -0.15) is 0 Å². The normalized spacial score (nSPS) is 12.1. The molecule has 0 radical (unpaired) electrons. The highest BCUT2D eigenvalue weighted by atomic mass is 15.0. The first-order chi connectivity index (χ1) is 19.3. The standard InChI is InChI=1S/C36H23N3/c1-5-13-31-25(9-1)26-19-17-23(21-32(26)37-31)39-35-16-8-4-12-29(35)30-20-18-24(22-36(30)39)38-33-14-6-2-10-27(33)28-11-3-7-15-34(28)38/h1-22,37H. The highest BCUT2D eigenvalue weighted by Gasteiger charge is 2.16. The van der Waals surface area contributed by atoms with Crippen molar-refractivity contribution in [3.8, 4) is 11.4 Å². The van der Waals surface area contributed by atoms with Crippen LogP contribution < -0.4 is 0 Å². The minimum atomic E-state index is 1.15. The van der Waals surface area contributed by atoms with E-state index in [-0.39, 0.29) is 0 Å². The van der Waals surface area contributed by atoms with Crippen molar-refractivity contribution in [2.24, 2.45) is 0 Å². The number of nitrogens with one attached hydrogen (secondary N) is 1. The zero-order chi connectivity index (χ0) is 25.5. The molecule has 0 unspecified atom stereocenters. The van der Waals surface area contributed by atoms with Gasteiger partial charge in [-0.3, -0.25) is 0 Å². The summed E-state index contributed by atoms with van der Waals surface area (Å²) < 4.78 is 4.81.